The summed E-state index contributed by atoms with van der Waals surface area (Å²) in [5.41, 5.74) is 0. The Morgan fingerprint density at radius 1 is 1.45 bits per heavy atom. The summed E-state index contributed by atoms with van der Waals surface area (Å²) in [6.07, 6.45) is 1.87. The fourth-order valence-electron chi connectivity index (χ4n) is 2.55. The van der Waals surface area contributed by atoms with E-state index >= 15 is 0 Å². The van der Waals surface area contributed by atoms with E-state index in [4.69, 9.17) is 9.47 Å². The predicted molar refractivity (Wildman–Crippen MR) is 84.0 cm³/mol. The van der Waals surface area contributed by atoms with E-state index in [0.29, 0.717) is 6.04 Å². The lowest BCUT2D eigenvalue weighted by Crippen LogP contribution is -2.47. The molecule has 20 heavy (non-hydrogen) atoms. The Hall–Kier alpha value is -1.33. The quantitative estimate of drug-likeness (QED) is 0.807. The van der Waals surface area contributed by atoms with Crippen LogP contribution in [0.3, 0.4) is 0 Å². The van der Waals surface area contributed by atoms with E-state index in [9.17, 15) is 0 Å². The Morgan fingerprint density at radius 2 is 2.35 bits per heavy atom. The van der Waals surface area contributed by atoms with Crippen molar-refractivity contribution in [2.24, 2.45) is 0 Å². The zero-order chi connectivity index (χ0) is 13.9. The molecular formula is C15H17BrN2O2. The van der Waals surface area contributed by atoms with Crippen molar-refractivity contribution in [2.75, 3.05) is 37.1 Å². The molecule has 1 aromatic heterocycles. The fourth-order valence-corrected chi connectivity index (χ4v) is 3.09. The van der Waals surface area contributed by atoms with Gasteiger partial charge < -0.3 is 14.4 Å². The molecular weight excluding hydrogens is 320 g/mol. The van der Waals surface area contributed by atoms with Crippen LogP contribution in [0.15, 0.2) is 30.5 Å². The minimum absolute atomic E-state index is 0.313. The van der Waals surface area contributed by atoms with Gasteiger partial charge >= 0.3 is 0 Å². The van der Waals surface area contributed by atoms with Crippen LogP contribution >= 0.6 is 15.9 Å². The van der Waals surface area contributed by atoms with Gasteiger partial charge in [0, 0.05) is 23.5 Å². The van der Waals surface area contributed by atoms with Gasteiger partial charge in [0.1, 0.15) is 11.6 Å². The number of fused-ring (bicyclic) bond motifs is 1. The Kier molecular flexibility index (Phi) is 4.08. The predicted octanol–water partition coefficient (Wildman–Crippen LogP) is 2.84. The number of rotatable bonds is 3. The van der Waals surface area contributed by atoms with Gasteiger partial charge in [0.15, 0.2) is 0 Å². The van der Waals surface area contributed by atoms with E-state index in [-0.39, 0.29) is 0 Å². The van der Waals surface area contributed by atoms with E-state index in [1.54, 1.807) is 7.11 Å². The number of ether oxygens (including phenoxy) is 2. The van der Waals surface area contributed by atoms with Crippen LogP contribution in [0.4, 0.5) is 5.82 Å². The van der Waals surface area contributed by atoms with Gasteiger partial charge in [-0.15, -0.1) is 0 Å². The number of halogens is 1. The molecule has 2 heterocycles. The van der Waals surface area contributed by atoms with Crippen molar-refractivity contribution in [3.05, 3.63) is 30.5 Å². The standard InChI is InChI=1S/C15H17BrN2O2/c1-19-13-3-2-11-4-5-17-15(14(11)8-13)18-6-7-20-10-12(18)9-16/h2-5,8,12H,6-7,9-10H2,1H3. The zero-order valence-electron chi connectivity index (χ0n) is 11.4. The van der Waals surface area contributed by atoms with Gasteiger partial charge in [-0.1, -0.05) is 22.0 Å². The SMILES string of the molecule is COc1ccc2ccnc(N3CCOCC3CBr)c2c1. The molecule has 0 N–H and O–H groups in total. The summed E-state index contributed by atoms with van der Waals surface area (Å²) in [6, 6.07) is 8.45. The number of methoxy groups -OCH3 is 1. The molecule has 1 fully saturated rings. The van der Waals surface area contributed by atoms with Crippen LogP contribution in [0.25, 0.3) is 10.8 Å². The van der Waals surface area contributed by atoms with Crippen molar-refractivity contribution in [2.45, 2.75) is 6.04 Å². The smallest absolute Gasteiger partial charge is 0.136 e. The van der Waals surface area contributed by atoms with Gasteiger partial charge in [0.05, 0.1) is 26.4 Å². The molecule has 1 aromatic carbocycles. The van der Waals surface area contributed by atoms with Crippen LogP contribution in [0.2, 0.25) is 0 Å². The second-order valence-corrected chi connectivity index (χ2v) is 5.45. The highest BCUT2D eigenvalue weighted by molar-refractivity contribution is 9.09. The van der Waals surface area contributed by atoms with Gasteiger partial charge in [-0.05, 0) is 23.6 Å². The molecule has 1 saturated heterocycles. The molecule has 2 aromatic rings. The average Bonchev–Trinajstić information content (AvgIpc) is 2.53. The molecule has 1 aliphatic rings. The molecule has 3 rings (SSSR count). The molecule has 0 radical (unpaired) electrons. The minimum atomic E-state index is 0.313. The largest absolute Gasteiger partial charge is 0.497 e. The van der Waals surface area contributed by atoms with Gasteiger partial charge in [-0.25, -0.2) is 4.98 Å². The Balaban J connectivity index is 2.09. The number of hydrogen-bond donors (Lipinski definition) is 0. The molecule has 0 bridgehead atoms. The van der Waals surface area contributed by atoms with Crippen molar-refractivity contribution in [3.63, 3.8) is 0 Å². The van der Waals surface area contributed by atoms with E-state index in [2.05, 4.69) is 37.9 Å². The van der Waals surface area contributed by atoms with Crippen molar-refractivity contribution in [1.29, 1.82) is 0 Å². The highest BCUT2D eigenvalue weighted by atomic mass is 79.9. The van der Waals surface area contributed by atoms with Crippen LogP contribution in [-0.4, -0.2) is 43.2 Å². The fraction of sp³-hybridized carbons (Fsp3) is 0.400. The van der Waals surface area contributed by atoms with Crippen molar-refractivity contribution in [3.8, 4) is 5.75 Å². The third-order valence-corrected chi connectivity index (χ3v) is 4.38. The summed E-state index contributed by atoms with van der Waals surface area (Å²) < 4.78 is 10.9. The van der Waals surface area contributed by atoms with Crippen LogP contribution in [0, 0.1) is 0 Å². The van der Waals surface area contributed by atoms with Crippen LogP contribution < -0.4 is 9.64 Å². The number of hydrogen-bond acceptors (Lipinski definition) is 4. The van der Waals surface area contributed by atoms with Gasteiger partial charge in [0.2, 0.25) is 0 Å². The highest BCUT2D eigenvalue weighted by Crippen LogP contribution is 2.30. The Labute approximate surface area is 126 Å². The van der Waals surface area contributed by atoms with Gasteiger partial charge in [-0.3, -0.25) is 0 Å². The van der Waals surface area contributed by atoms with Crippen LogP contribution in [0.5, 0.6) is 5.75 Å². The van der Waals surface area contributed by atoms with Gasteiger partial charge in [0.25, 0.3) is 0 Å². The molecule has 0 saturated carbocycles. The lowest BCUT2D eigenvalue weighted by Gasteiger charge is -2.36. The third-order valence-electron chi connectivity index (χ3n) is 3.63. The normalized spacial score (nSPS) is 19.3. The van der Waals surface area contributed by atoms with E-state index in [0.717, 1.165) is 42.0 Å². The van der Waals surface area contributed by atoms with Crippen molar-refractivity contribution in [1.82, 2.24) is 4.98 Å². The summed E-state index contributed by atoms with van der Waals surface area (Å²) in [7, 11) is 1.69. The molecule has 0 aliphatic carbocycles. The third kappa shape index (κ3) is 2.47. The highest BCUT2D eigenvalue weighted by Gasteiger charge is 2.24. The molecule has 106 valence electrons. The topological polar surface area (TPSA) is 34.6 Å². The summed E-state index contributed by atoms with van der Waals surface area (Å²) >= 11 is 3.57. The monoisotopic (exact) mass is 336 g/mol. The zero-order valence-corrected chi connectivity index (χ0v) is 13.0. The number of pyridine rings is 1. The first-order valence-electron chi connectivity index (χ1n) is 6.66. The van der Waals surface area contributed by atoms with Crippen LogP contribution in [0.1, 0.15) is 0 Å². The Morgan fingerprint density at radius 3 is 3.15 bits per heavy atom. The van der Waals surface area contributed by atoms with Gasteiger partial charge in [-0.2, -0.15) is 0 Å². The molecule has 1 atom stereocenters. The Bertz CT molecular complexity index is 605. The maximum Gasteiger partial charge on any atom is 0.136 e. The maximum atomic E-state index is 5.56. The number of anilines is 1. The van der Waals surface area contributed by atoms with E-state index in [1.165, 1.54) is 5.39 Å². The molecule has 1 unspecified atom stereocenters. The number of nitrogens with zero attached hydrogens (tertiary/aromatic N) is 2. The number of benzene rings is 1. The summed E-state index contributed by atoms with van der Waals surface area (Å²) in [5, 5.41) is 3.17. The average molecular weight is 337 g/mol. The van der Waals surface area contributed by atoms with E-state index < -0.39 is 0 Å². The molecule has 5 heteroatoms. The van der Waals surface area contributed by atoms with Crippen molar-refractivity contribution < 1.29 is 9.47 Å². The summed E-state index contributed by atoms with van der Waals surface area (Å²) in [6.45, 7) is 2.33. The first-order valence-corrected chi connectivity index (χ1v) is 7.78. The summed E-state index contributed by atoms with van der Waals surface area (Å²) in [4.78, 5) is 6.92. The maximum absolute atomic E-state index is 5.56. The number of morpholine rings is 1. The second-order valence-electron chi connectivity index (χ2n) is 4.80. The second kappa shape index (κ2) is 5.97. The lowest BCUT2D eigenvalue weighted by molar-refractivity contribution is 0.100. The van der Waals surface area contributed by atoms with E-state index in [1.807, 2.05) is 18.3 Å². The molecule has 4 nitrogen and oxygen atoms in total. The number of alkyl halides is 1. The summed E-state index contributed by atoms with van der Waals surface area (Å²) in [5.74, 6) is 1.87. The molecule has 0 amide bonds. The molecule has 0 spiro atoms. The minimum Gasteiger partial charge on any atom is -0.497 e. The first-order chi connectivity index (χ1) is 9.83. The first kappa shape index (κ1) is 13.6. The van der Waals surface area contributed by atoms with Crippen molar-refractivity contribution >= 4 is 32.5 Å². The number of aromatic nitrogens is 1. The van der Waals surface area contributed by atoms with Crippen LogP contribution in [-0.2, 0) is 4.74 Å². The molecule has 1 aliphatic heterocycles. The lowest BCUT2D eigenvalue weighted by atomic mass is 10.1.